The van der Waals surface area contributed by atoms with Gasteiger partial charge in [0.25, 0.3) is 0 Å². The van der Waals surface area contributed by atoms with Gasteiger partial charge in [0.05, 0.1) is 6.26 Å². The first-order valence-electron chi connectivity index (χ1n) is 7.93. The van der Waals surface area contributed by atoms with Gasteiger partial charge in [-0.15, -0.1) is 0 Å². The number of aromatic nitrogens is 2. The smallest absolute Gasteiger partial charge is 0.196 e. The van der Waals surface area contributed by atoms with Gasteiger partial charge in [-0.3, -0.25) is 0 Å². The zero-order chi connectivity index (χ0) is 14.7. The second-order valence-electron chi connectivity index (χ2n) is 5.78. The molecule has 0 aliphatic heterocycles. The van der Waals surface area contributed by atoms with Gasteiger partial charge >= 0.3 is 0 Å². The molecular weight excluding hydrogens is 262 g/mol. The van der Waals surface area contributed by atoms with Gasteiger partial charge in [0.1, 0.15) is 0 Å². The van der Waals surface area contributed by atoms with Crippen LogP contribution in [0.3, 0.4) is 0 Å². The summed E-state index contributed by atoms with van der Waals surface area (Å²) in [5.74, 6) is 1.51. The van der Waals surface area contributed by atoms with Gasteiger partial charge in [0, 0.05) is 23.5 Å². The first kappa shape index (κ1) is 14.3. The lowest BCUT2D eigenvalue weighted by molar-refractivity contribution is 0.488. The van der Waals surface area contributed by atoms with Crippen LogP contribution in [0.5, 0.6) is 0 Å². The summed E-state index contributed by atoms with van der Waals surface area (Å²) in [5, 5.41) is 3.63. The first-order valence-corrected chi connectivity index (χ1v) is 7.93. The van der Waals surface area contributed by atoms with Crippen molar-refractivity contribution >= 4 is 0 Å². The molecule has 1 aliphatic carbocycles. The van der Waals surface area contributed by atoms with Crippen molar-refractivity contribution in [3.63, 3.8) is 0 Å². The molecule has 0 radical (unpaired) electrons. The molecule has 0 saturated heterocycles. The molecule has 1 atom stereocenters. The van der Waals surface area contributed by atoms with Gasteiger partial charge in [-0.25, -0.2) is 9.97 Å². The van der Waals surface area contributed by atoms with E-state index in [2.05, 4.69) is 17.2 Å². The van der Waals surface area contributed by atoms with Crippen LogP contribution < -0.4 is 5.32 Å². The third kappa shape index (κ3) is 3.00. The van der Waals surface area contributed by atoms with Crippen LogP contribution in [0.1, 0.15) is 55.5 Å². The van der Waals surface area contributed by atoms with E-state index in [1.807, 2.05) is 19.2 Å². The topological polar surface area (TPSA) is 51.0 Å². The van der Waals surface area contributed by atoms with E-state index in [-0.39, 0.29) is 0 Å². The van der Waals surface area contributed by atoms with Crippen LogP contribution >= 0.6 is 0 Å². The van der Waals surface area contributed by atoms with Crippen LogP contribution in [0, 0.1) is 6.92 Å². The van der Waals surface area contributed by atoms with E-state index < -0.39 is 0 Å². The van der Waals surface area contributed by atoms with Crippen LogP contribution in [-0.4, -0.2) is 16.5 Å². The van der Waals surface area contributed by atoms with Gasteiger partial charge in [-0.1, -0.05) is 13.3 Å². The van der Waals surface area contributed by atoms with Crippen molar-refractivity contribution in [2.75, 3.05) is 6.54 Å². The van der Waals surface area contributed by atoms with E-state index in [9.17, 15) is 0 Å². The molecule has 4 nitrogen and oxygen atoms in total. The second kappa shape index (κ2) is 6.39. The molecule has 0 bridgehead atoms. The van der Waals surface area contributed by atoms with E-state index in [0.717, 1.165) is 30.7 Å². The molecule has 0 saturated carbocycles. The number of furan rings is 1. The normalized spacial score (nSPS) is 18.3. The lowest BCUT2D eigenvalue weighted by Gasteiger charge is -2.18. The molecule has 2 aromatic rings. The van der Waals surface area contributed by atoms with E-state index in [4.69, 9.17) is 9.40 Å². The van der Waals surface area contributed by atoms with Crippen LogP contribution in [-0.2, 0) is 6.42 Å². The van der Waals surface area contributed by atoms with Crippen LogP contribution in [0.2, 0.25) is 0 Å². The third-order valence-electron chi connectivity index (χ3n) is 4.14. The van der Waals surface area contributed by atoms with Crippen molar-refractivity contribution < 1.29 is 4.42 Å². The number of hydrogen-bond acceptors (Lipinski definition) is 4. The molecule has 0 aromatic carbocycles. The molecule has 0 fully saturated rings. The third-order valence-corrected chi connectivity index (χ3v) is 4.14. The summed E-state index contributed by atoms with van der Waals surface area (Å²) in [4.78, 5) is 9.34. The maximum Gasteiger partial charge on any atom is 0.196 e. The molecule has 112 valence electrons. The van der Waals surface area contributed by atoms with E-state index in [0.29, 0.717) is 11.9 Å². The zero-order valence-electron chi connectivity index (χ0n) is 12.9. The number of fused-ring (bicyclic) bond motifs is 1. The Kier molecular flexibility index (Phi) is 4.34. The van der Waals surface area contributed by atoms with Gasteiger partial charge < -0.3 is 9.73 Å². The summed E-state index contributed by atoms with van der Waals surface area (Å²) in [6.45, 7) is 5.27. The Labute approximate surface area is 126 Å². The second-order valence-corrected chi connectivity index (χ2v) is 5.78. The minimum Gasteiger partial charge on any atom is -0.461 e. The Balaban J connectivity index is 1.93. The molecule has 2 aromatic heterocycles. The fraction of sp³-hybridized carbons (Fsp3) is 0.529. The molecule has 2 heterocycles. The average molecular weight is 285 g/mol. The highest BCUT2D eigenvalue weighted by Crippen LogP contribution is 2.29. The highest BCUT2D eigenvalue weighted by atomic mass is 16.3. The molecule has 1 unspecified atom stereocenters. The van der Waals surface area contributed by atoms with Gasteiger partial charge in [-0.2, -0.15) is 0 Å². The maximum atomic E-state index is 5.52. The van der Waals surface area contributed by atoms with Crippen molar-refractivity contribution in [3.05, 3.63) is 35.3 Å². The largest absolute Gasteiger partial charge is 0.461 e. The number of aryl methyl sites for hydroxylation is 2. The van der Waals surface area contributed by atoms with Gasteiger partial charge in [0.15, 0.2) is 11.6 Å². The maximum absolute atomic E-state index is 5.52. The Morgan fingerprint density at radius 3 is 3.05 bits per heavy atom. The lowest BCUT2D eigenvalue weighted by atomic mass is 10.0. The van der Waals surface area contributed by atoms with Crippen molar-refractivity contribution in [1.82, 2.24) is 15.3 Å². The van der Waals surface area contributed by atoms with Crippen LogP contribution in [0.4, 0.5) is 0 Å². The molecule has 3 rings (SSSR count). The molecule has 1 aliphatic rings. The Bertz CT molecular complexity index is 606. The average Bonchev–Trinajstić information content (AvgIpc) is 2.82. The van der Waals surface area contributed by atoms with Crippen molar-refractivity contribution in [1.29, 1.82) is 0 Å². The monoisotopic (exact) mass is 285 g/mol. The van der Waals surface area contributed by atoms with E-state index >= 15 is 0 Å². The number of nitrogens with one attached hydrogen (secondary N) is 1. The number of hydrogen-bond donors (Lipinski definition) is 1. The quantitative estimate of drug-likeness (QED) is 0.868. The number of nitrogens with zero attached hydrogens (tertiary/aromatic N) is 2. The van der Waals surface area contributed by atoms with Crippen molar-refractivity contribution in [2.24, 2.45) is 0 Å². The fourth-order valence-electron chi connectivity index (χ4n) is 2.96. The molecule has 1 N–H and O–H groups in total. The zero-order valence-corrected chi connectivity index (χ0v) is 12.9. The summed E-state index contributed by atoms with van der Waals surface area (Å²) < 4.78 is 5.52. The minimum absolute atomic E-state index is 0.397. The number of rotatable bonds is 4. The Hall–Kier alpha value is -1.68. The first-order chi connectivity index (χ1) is 10.3. The van der Waals surface area contributed by atoms with Crippen LogP contribution in [0.25, 0.3) is 11.6 Å². The summed E-state index contributed by atoms with van der Waals surface area (Å²) in [5.41, 5.74) is 3.54. The molecule has 0 amide bonds. The lowest BCUT2D eigenvalue weighted by Crippen LogP contribution is -2.23. The van der Waals surface area contributed by atoms with Gasteiger partial charge in [-0.05, 0) is 50.8 Å². The minimum atomic E-state index is 0.397. The predicted molar refractivity (Wildman–Crippen MR) is 83.1 cm³/mol. The van der Waals surface area contributed by atoms with Crippen molar-refractivity contribution in [3.8, 4) is 11.6 Å². The summed E-state index contributed by atoms with van der Waals surface area (Å²) in [6.07, 6.45) is 9.50. The SMILES string of the molecule is CCCNC1CCCCc2nc(-c3occc3C)ncc21. The fourth-order valence-corrected chi connectivity index (χ4v) is 2.96. The van der Waals surface area contributed by atoms with Crippen molar-refractivity contribution in [2.45, 2.75) is 52.0 Å². The summed E-state index contributed by atoms with van der Waals surface area (Å²) >= 11 is 0. The highest BCUT2D eigenvalue weighted by Gasteiger charge is 2.21. The molecule has 4 heteroatoms. The molecule has 0 spiro atoms. The molecular formula is C17H23N3O. The van der Waals surface area contributed by atoms with Gasteiger partial charge in [0.2, 0.25) is 0 Å². The molecule has 21 heavy (non-hydrogen) atoms. The Morgan fingerprint density at radius 2 is 2.29 bits per heavy atom. The predicted octanol–water partition coefficient (Wildman–Crippen LogP) is 3.81. The van der Waals surface area contributed by atoms with Crippen LogP contribution in [0.15, 0.2) is 22.9 Å². The van der Waals surface area contributed by atoms with E-state index in [1.54, 1.807) is 6.26 Å². The van der Waals surface area contributed by atoms with E-state index in [1.165, 1.54) is 30.5 Å². The highest BCUT2D eigenvalue weighted by molar-refractivity contribution is 5.52. The standard InChI is InChI=1S/C17H23N3O/c1-3-9-18-14-6-4-5-7-15-13(14)11-19-17(20-15)16-12(2)8-10-21-16/h8,10-11,14,18H,3-7,9H2,1-2H3. The summed E-state index contributed by atoms with van der Waals surface area (Å²) in [6, 6.07) is 2.35. The summed E-state index contributed by atoms with van der Waals surface area (Å²) in [7, 11) is 0. The Morgan fingerprint density at radius 1 is 1.38 bits per heavy atom.